The van der Waals surface area contributed by atoms with Crippen LogP contribution in [0, 0.1) is 20.8 Å². The van der Waals surface area contributed by atoms with Crippen LogP contribution in [-0.4, -0.2) is 5.43 Å². The van der Waals surface area contributed by atoms with Gasteiger partial charge in [-0.3, -0.25) is 0 Å². The van der Waals surface area contributed by atoms with E-state index in [1.54, 1.807) is 0 Å². The Bertz CT molecular complexity index is 2410. The maximum atomic E-state index is 5.83. The molecule has 6 aromatic carbocycles. The fourth-order valence-electron chi connectivity index (χ4n) is 7.14. The van der Waals surface area contributed by atoms with Gasteiger partial charge in [-0.15, -0.1) is 63.5 Å². The Morgan fingerprint density at radius 2 is 1.09 bits per heavy atom. The van der Waals surface area contributed by atoms with Crippen molar-refractivity contribution in [2.24, 2.45) is 0 Å². The van der Waals surface area contributed by atoms with E-state index in [9.17, 15) is 0 Å². The van der Waals surface area contributed by atoms with Gasteiger partial charge in [-0.05, 0) is 78.0 Å². The molecule has 0 aliphatic carbocycles. The van der Waals surface area contributed by atoms with Crippen molar-refractivity contribution < 1.29 is 22.4 Å². The summed E-state index contributed by atoms with van der Waals surface area (Å²) >= 11 is -1.65. The second-order valence-electron chi connectivity index (χ2n) is 17.6. The van der Waals surface area contributed by atoms with E-state index in [0.29, 0.717) is 0 Å². The van der Waals surface area contributed by atoms with Crippen molar-refractivity contribution in [3.63, 3.8) is 0 Å². The van der Waals surface area contributed by atoms with Gasteiger partial charge in [0.25, 0.3) is 0 Å². The van der Waals surface area contributed by atoms with E-state index >= 15 is 0 Å². The van der Waals surface area contributed by atoms with Crippen LogP contribution in [0.5, 0.6) is 0 Å². The molecule has 0 bridgehead atoms. The van der Waals surface area contributed by atoms with Crippen LogP contribution in [0.1, 0.15) is 94.9 Å². The normalized spacial score (nSPS) is 11.6. The molecule has 56 heavy (non-hydrogen) atoms. The number of benzene rings is 4. The molecule has 1 aromatic heterocycles. The average Bonchev–Trinajstić information content (AvgIpc) is 3.89. The monoisotopic (exact) mass is 876 g/mol. The van der Waals surface area contributed by atoms with Gasteiger partial charge in [0.2, 0.25) is 0 Å². The van der Waals surface area contributed by atoms with Gasteiger partial charge in [-0.1, -0.05) is 138 Å². The van der Waals surface area contributed by atoms with Crippen LogP contribution in [0.25, 0.3) is 55.1 Å². The van der Waals surface area contributed by atoms with Gasteiger partial charge < -0.3 is 4.42 Å². The molecular formula is C51H60Cl2OSiZr-2. The Kier molecular flexibility index (Phi) is 14.8. The third kappa shape index (κ3) is 11.0. The topological polar surface area (TPSA) is 13.1 Å². The zero-order valence-electron chi connectivity index (χ0n) is 35.7. The second kappa shape index (κ2) is 18.8. The summed E-state index contributed by atoms with van der Waals surface area (Å²) in [6.07, 6.45) is 3.71. The van der Waals surface area contributed by atoms with E-state index in [4.69, 9.17) is 21.4 Å². The molecule has 7 aromatic rings. The summed E-state index contributed by atoms with van der Waals surface area (Å²) < 4.78 is 5.83. The standard InChI is InChI=1S/C25H25O.C24H29.C2H6Si.2ClH.Zr/c1-16-6-8-19-14-20(23-13-7-17(2)26-23)15-22(19)24(16)18-9-11-21(12-10-18)25(3,4)5;1-6-7-8-18-15-20-10-9-17(2)23(22(20)16-18)19-11-13-21(14-12-19)24(3,4)5;1-3-2;;;/h6-15H,1-5H3;9-16H,6-8H2,1-5H3;1-2H3;2*1H;/q2*-1;;;;+2/p-2. The van der Waals surface area contributed by atoms with Crippen molar-refractivity contribution >= 4 is 44.0 Å². The van der Waals surface area contributed by atoms with Crippen molar-refractivity contribution in [1.29, 1.82) is 0 Å². The predicted octanol–water partition coefficient (Wildman–Crippen LogP) is 16.7. The summed E-state index contributed by atoms with van der Waals surface area (Å²) in [5.41, 5.74) is 13.5. The Balaban J connectivity index is 0.000000188. The fourth-order valence-corrected chi connectivity index (χ4v) is 7.14. The zero-order valence-corrected chi connectivity index (χ0v) is 40.6. The molecule has 0 radical (unpaired) electrons. The number of furan rings is 1. The van der Waals surface area contributed by atoms with E-state index in [-0.39, 0.29) is 16.3 Å². The molecule has 0 saturated carbocycles. The van der Waals surface area contributed by atoms with Gasteiger partial charge in [0.05, 0.1) is 11.5 Å². The molecule has 1 heterocycles. The minimum absolute atomic E-state index is 0.171. The number of fused-ring (bicyclic) bond motifs is 2. The predicted molar refractivity (Wildman–Crippen MR) is 247 cm³/mol. The molecular weight excluding hydrogens is 819 g/mol. The van der Waals surface area contributed by atoms with Gasteiger partial charge in [-0.2, -0.15) is 6.07 Å². The van der Waals surface area contributed by atoms with Crippen LogP contribution < -0.4 is 0 Å². The third-order valence-corrected chi connectivity index (χ3v) is 30.3. The third-order valence-electron chi connectivity index (χ3n) is 10.6. The van der Waals surface area contributed by atoms with Crippen molar-refractivity contribution in [3.05, 3.63) is 143 Å². The summed E-state index contributed by atoms with van der Waals surface area (Å²) in [6.45, 7) is 26.6. The fraction of sp³-hybridized carbons (Fsp3) is 0.333. The minimum atomic E-state index is -1.65. The molecule has 0 saturated heterocycles. The Hall–Kier alpha value is -2.94. The molecule has 0 amide bonds. The second-order valence-corrected chi connectivity index (χ2v) is 40.5. The van der Waals surface area contributed by atoms with E-state index in [1.807, 2.05) is 19.1 Å². The Labute approximate surface area is 352 Å². The first-order chi connectivity index (χ1) is 26.4. The van der Waals surface area contributed by atoms with Crippen LogP contribution in [0.15, 0.2) is 114 Å². The summed E-state index contributed by atoms with van der Waals surface area (Å²) in [4.78, 5) is 0. The first kappa shape index (κ1) is 44.2. The molecule has 0 N–H and O–H groups in total. The number of halogens is 2. The van der Waals surface area contributed by atoms with Gasteiger partial charge in [-0.25, -0.2) is 0 Å². The summed E-state index contributed by atoms with van der Waals surface area (Å²) in [5, 5.41) is 5.33. The molecule has 0 unspecified atom stereocenters. The van der Waals surface area contributed by atoms with Crippen molar-refractivity contribution in [3.8, 4) is 33.6 Å². The van der Waals surface area contributed by atoms with Gasteiger partial charge in [0, 0.05) is 0 Å². The van der Waals surface area contributed by atoms with Crippen LogP contribution in [-0.2, 0) is 35.2 Å². The van der Waals surface area contributed by atoms with E-state index in [2.05, 4.69) is 172 Å². The van der Waals surface area contributed by atoms with Crippen molar-refractivity contribution in [2.75, 3.05) is 0 Å². The molecule has 0 spiro atoms. The number of unbranched alkanes of at least 4 members (excludes halogenated alkanes) is 1. The number of hydrogen-bond acceptors (Lipinski definition) is 1. The Morgan fingerprint density at radius 3 is 1.50 bits per heavy atom. The number of hydrogen-bond donors (Lipinski definition) is 0. The summed E-state index contributed by atoms with van der Waals surface area (Å²) in [6, 6.07) is 40.5. The first-order valence-electron chi connectivity index (χ1n) is 20.0. The summed E-state index contributed by atoms with van der Waals surface area (Å²) in [7, 11) is 11.2. The van der Waals surface area contributed by atoms with Gasteiger partial charge in [0.15, 0.2) is 0 Å². The van der Waals surface area contributed by atoms with Crippen molar-refractivity contribution in [2.45, 2.75) is 112 Å². The summed E-state index contributed by atoms with van der Waals surface area (Å²) in [5.74, 6) is 1.88. The SMILES string of the molecule is CCCCc1cc2c(-c3ccc(C(C)(C)C)cc3)c(C)ccc2[cH-]1.C[Si](C)=[Zr]([Cl])[Cl].Cc1ccc(-c2cc3c(-c4ccc(C(C)(C)C)cc4)c(C)ccc3[cH-]2)o1. The molecule has 7 rings (SSSR count). The van der Waals surface area contributed by atoms with Crippen LogP contribution in [0.4, 0.5) is 0 Å². The van der Waals surface area contributed by atoms with E-state index in [0.717, 1.165) is 17.1 Å². The molecule has 0 fully saturated rings. The number of aryl methyl sites for hydroxylation is 4. The number of rotatable bonds is 6. The zero-order chi connectivity index (χ0) is 40.9. The quantitative estimate of drug-likeness (QED) is 0.120. The molecule has 294 valence electrons. The maximum absolute atomic E-state index is 5.83. The average molecular weight is 879 g/mol. The molecule has 0 aliphatic rings. The van der Waals surface area contributed by atoms with Crippen LogP contribution >= 0.6 is 17.0 Å². The molecule has 5 heteroatoms. The minimum Gasteiger partial charge on any atom is -0.496 e. The van der Waals surface area contributed by atoms with Crippen LogP contribution in [0.3, 0.4) is 0 Å². The maximum Gasteiger partial charge on any atom is 0.0896 e. The van der Waals surface area contributed by atoms with Crippen molar-refractivity contribution in [1.82, 2.24) is 0 Å². The Morgan fingerprint density at radius 1 is 0.625 bits per heavy atom. The van der Waals surface area contributed by atoms with E-state index in [1.165, 1.54) is 90.9 Å². The van der Waals surface area contributed by atoms with Crippen LogP contribution in [0.2, 0.25) is 13.1 Å². The van der Waals surface area contributed by atoms with Gasteiger partial charge in [0.1, 0.15) is 0 Å². The largest absolute Gasteiger partial charge is 0.496 e. The molecule has 0 aliphatic heterocycles. The first-order valence-corrected chi connectivity index (χ1v) is 32.5. The molecule has 1 nitrogen and oxygen atoms in total. The van der Waals surface area contributed by atoms with E-state index < -0.39 is 18.0 Å². The smallest absolute Gasteiger partial charge is 0.0896 e. The van der Waals surface area contributed by atoms with Gasteiger partial charge >= 0.3 is 53.5 Å². The molecule has 0 atom stereocenters.